The van der Waals surface area contributed by atoms with Gasteiger partial charge in [0.1, 0.15) is 29.6 Å². The quantitative estimate of drug-likeness (QED) is 0.647. The molecule has 0 saturated carbocycles. The first-order chi connectivity index (χ1) is 15.8. The molecule has 33 heavy (non-hydrogen) atoms. The van der Waals surface area contributed by atoms with Gasteiger partial charge in [-0.25, -0.2) is 13.2 Å². The number of hydrogen-bond donors (Lipinski definition) is 1. The van der Waals surface area contributed by atoms with Crippen molar-refractivity contribution >= 4 is 5.91 Å². The van der Waals surface area contributed by atoms with E-state index in [1.807, 2.05) is 6.07 Å². The molecule has 0 fully saturated rings. The van der Waals surface area contributed by atoms with Gasteiger partial charge in [0.15, 0.2) is 0 Å². The van der Waals surface area contributed by atoms with Gasteiger partial charge in [-0.1, -0.05) is 0 Å². The van der Waals surface area contributed by atoms with Gasteiger partial charge in [-0.05, 0) is 35.4 Å². The summed E-state index contributed by atoms with van der Waals surface area (Å²) in [7, 11) is 0. The smallest absolute Gasteiger partial charge is 0.219 e. The van der Waals surface area contributed by atoms with Crippen LogP contribution in [0.25, 0.3) is 11.3 Å². The molecule has 3 aromatic rings. The lowest BCUT2D eigenvalue weighted by molar-refractivity contribution is -0.129. The largest absolute Gasteiger partial charge is 0.390 e. The van der Waals surface area contributed by atoms with E-state index in [1.54, 1.807) is 9.58 Å². The summed E-state index contributed by atoms with van der Waals surface area (Å²) in [6.07, 6.45) is -0.586. The third-order valence-electron chi connectivity index (χ3n) is 6.45. The molecule has 0 bridgehead atoms. The van der Waals surface area contributed by atoms with Crippen molar-refractivity contribution in [1.29, 1.82) is 5.26 Å². The number of carbonyl (C=O) groups excluding carboxylic acids is 1. The van der Waals surface area contributed by atoms with Crippen LogP contribution in [0.15, 0.2) is 30.3 Å². The first-order valence-corrected chi connectivity index (χ1v) is 10.5. The van der Waals surface area contributed by atoms with Crippen LogP contribution in [-0.4, -0.2) is 38.3 Å². The highest BCUT2D eigenvalue weighted by molar-refractivity contribution is 5.75. The number of rotatable bonds is 2. The molecule has 2 atom stereocenters. The summed E-state index contributed by atoms with van der Waals surface area (Å²) >= 11 is 0. The summed E-state index contributed by atoms with van der Waals surface area (Å²) in [4.78, 5) is 13.7. The fourth-order valence-corrected chi connectivity index (χ4v) is 4.86. The molecule has 0 unspecified atom stereocenters. The zero-order valence-electron chi connectivity index (χ0n) is 17.6. The highest BCUT2D eigenvalue weighted by Gasteiger charge is 2.39. The van der Waals surface area contributed by atoms with Gasteiger partial charge in [0.05, 0.1) is 17.4 Å². The fraction of sp³-hybridized carbons (Fsp3) is 0.292. The number of amides is 1. The van der Waals surface area contributed by atoms with Crippen LogP contribution < -0.4 is 0 Å². The second kappa shape index (κ2) is 7.74. The molecule has 1 aromatic heterocycles. The predicted molar refractivity (Wildman–Crippen MR) is 111 cm³/mol. The lowest BCUT2D eigenvalue weighted by atomic mass is 9.99. The monoisotopic (exact) mass is 452 g/mol. The molecule has 1 N–H and O–H groups in total. The summed E-state index contributed by atoms with van der Waals surface area (Å²) in [5, 5.41) is 24.7. The molecule has 1 amide bonds. The van der Waals surface area contributed by atoms with Crippen LogP contribution in [0.5, 0.6) is 0 Å². The number of nitriles is 1. The number of carbonyl (C=O) groups is 1. The predicted octanol–water partition coefficient (Wildman–Crippen LogP) is 3.25. The zero-order chi connectivity index (χ0) is 23.4. The molecule has 2 heterocycles. The molecule has 9 heteroatoms. The van der Waals surface area contributed by atoms with Crippen LogP contribution >= 0.6 is 0 Å². The first kappa shape index (κ1) is 21.2. The molecule has 1 aliphatic heterocycles. The molecule has 168 valence electrons. The van der Waals surface area contributed by atoms with Crippen molar-refractivity contribution in [1.82, 2.24) is 14.7 Å². The van der Waals surface area contributed by atoms with Crippen LogP contribution in [0.3, 0.4) is 0 Å². The Morgan fingerprint density at radius 3 is 2.70 bits per heavy atom. The Morgan fingerprint density at radius 1 is 1.18 bits per heavy atom. The van der Waals surface area contributed by atoms with Gasteiger partial charge in [0.2, 0.25) is 5.91 Å². The molecule has 0 saturated heterocycles. The van der Waals surface area contributed by atoms with Crippen LogP contribution in [0.1, 0.15) is 40.9 Å². The minimum Gasteiger partial charge on any atom is -0.390 e. The SMILES string of the molecule is CC(=O)N1CCc2c(c(-c3ccc(F)c(C#N)c3)nn2[C@@H]2c3cc(F)cc(F)c3C[C@@H]2O)C1. The van der Waals surface area contributed by atoms with Crippen molar-refractivity contribution in [2.24, 2.45) is 0 Å². The van der Waals surface area contributed by atoms with Gasteiger partial charge in [0.25, 0.3) is 0 Å². The van der Waals surface area contributed by atoms with Crippen molar-refractivity contribution in [2.45, 2.75) is 38.5 Å². The van der Waals surface area contributed by atoms with E-state index in [-0.39, 0.29) is 30.0 Å². The van der Waals surface area contributed by atoms with Gasteiger partial charge in [-0.15, -0.1) is 0 Å². The average molecular weight is 452 g/mol. The van der Waals surface area contributed by atoms with E-state index in [4.69, 9.17) is 5.10 Å². The Labute approximate surface area is 187 Å². The maximum absolute atomic E-state index is 14.4. The summed E-state index contributed by atoms with van der Waals surface area (Å²) in [6.45, 7) is 2.13. The van der Waals surface area contributed by atoms with Crippen LogP contribution in [-0.2, 0) is 24.2 Å². The Balaban J connectivity index is 1.71. The van der Waals surface area contributed by atoms with Crippen molar-refractivity contribution in [2.75, 3.05) is 6.54 Å². The maximum atomic E-state index is 14.4. The van der Waals surface area contributed by atoms with Crippen molar-refractivity contribution in [3.63, 3.8) is 0 Å². The van der Waals surface area contributed by atoms with E-state index in [1.165, 1.54) is 31.2 Å². The molecule has 2 aliphatic rings. The van der Waals surface area contributed by atoms with Gasteiger partial charge in [0, 0.05) is 55.7 Å². The Morgan fingerprint density at radius 2 is 1.97 bits per heavy atom. The molecule has 5 rings (SSSR count). The van der Waals surface area contributed by atoms with Crippen LogP contribution in [0.2, 0.25) is 0 Å². The van der Waals surface area contributed by atoms with Gasteiger partial charge in [-0.2, -0.15) is 10.4 Å². The van der Waals surface area contributed by atoms with Crippen LogP contribution in [0, 0.1) is 28.8 Å². The molecule has 0 radical (unpaired) electrons. The standard InChI is InChI=1S/C24H19F3N4O2/c1-12(32)30-5-4-21-18(11-30)23(13-2-3-19(26)14(6-13)10-28)29-31(21)24-17-7-15(25)8-20(27)16(17)9-22(24)33/h2-3,6-8,22,24,33H,4-5,9,11H2,1H3/t22-,24+/m0/s1. The van der Waals surface area contributed by atoms with Crippen molar-refractivity contribution in [3.8, 4) is 17.3 Å². The number of benzene rings is 2. The lowest BCUT2D eigenvalue weighted by Crippen LogP contribution is -2.35. The average Bonchev–Trinajstić information content (AvgIpc) is 3.31. The zero-order valence-corrected chi connectivity index (χ0v) is 17.6. The van der Waals surface area contributed by atoms with E-state index in [2.05, 4.69) is 0 Å². The number of halogens is 3. The molecule has 0 spiro atoms. The Bertz CT molecular complexity index is 1340. The van der Waals surface area contributed by atoms with E-state index in [0.29, 0.717) is 35.3 Å². The fourth-order valence-electron chi connectivity index (χ4n) is 4.86. The van der Waals surface area contributed by atoms with Gasteiger partial charge >= 0.3 is 0 Å². The van der Waals surface area contributed by atoms with E-state index >= 15 is 0 Å². The number of fused-ring (bicyclic) bond motifs is 2. The molecular weight excluding hydrogens is 433 g/mol. The number of aliphatic hydroxyl groups excluding tert-OH is 1. The van der Waals surface area contributed by atoms with E-state index in [0.717, 1.165) is 11.8 Å². The van der Waals surface area contributed by atoms with Crippen molar-refractivity contribution in [3.05, 3.63) is 75.7 Å². The summed E-state index contributed by atoms with van der Waals surface area (Å²) in [5.41, 5.74) is 2.76. The van der Waals surface area contributed by atoms with E-state index < -0.39 is 29.6 Å². The molecule has 1 aliphatic carbocycles. The number of aliphatic hydroxyl groups is 1. The lowest BCUT2D eigenvalue weighted by Gasteiger charge is -2.28. The third-order valence-corrected chi connectivity index (χ3v) is 6.45. The minimum absolute atomic E-state index is 0.0186. The van der Waals surface area contributed by atoms with Gasteiger partial charge in [-0.3, -0.25) is 9.48 Å². The number of aromatic nitrogens is 2. The second-order valence-corrected chi connectivity index (χ2v) is 8.39. The topological polar surface area (TPSA) is 82.2 Å². The molecular formula is C24H19F3N4O2. The highest BCUT2D eigenvalue weighted by Crippen LogP contribution is 2.40. The van der Waals surface area contributed by atoms with E-state index in [9.17, 15) is 28.3 Å². The maximum Gasteiger partial charge on any atom is 0.219 e. The number of hydrogen-bond acceptors (Lipinski definition) is 4. The Hall–Kier alpha value is -3.64. The summed E-state index contributed by atoms with van der Waals surface area (Å²) in [5.74, 6) is -2.24. The molecule has 2 aromatic carbocycles. The second-order valence-electron chi connectivity index (χ2n) is 8.39. The minimum atomic E-state index is -1.03. The number of nitrogens with zero attached hydrogens (tertiary/aromatic N) is 4. The normalized spacial score (nSPS) is 19.2. The summed E-state index contributed by atoms with van der Waals surface area (Å²) < 4.78 is 43.9. The highest BCUT2D eigenvalue weighted by atomic mass is 19.1. The Kier molecular flexibility index (Phi) is 4.98. The first-order valence-electron chi connectivity index (χ1n) is 10.5. The summed E-state index contributed by atoms with van der Waals surface area (Å²) in [6, 6.07) is 7.06. The third kappa shape index (κ3) is 3.38. The van der Waals surface area contributed by atoms with Crippen LogP contribution in [0.4, 0.5) is 13.2 Å². The van der Waals surface area contributed by atoms with Crippen molar-refractivity contribution < 1.29 is 23.1 Å². The molecule has 6 nitrogen and oxygen atoms in total. The van der Waals surface area contributed by atoms with Gasteiger partial charge < -0.3 is 10.0 Å².